The number of hydrogen-bond acceptors (Lipinski definition) is 2. The molecule has 66 valence electrons. The molecule has 1 aromatic heterocycles. The molecule has 0 aliphatic carbocycles. The highest BCUT2D eigenvalue weighted by molar-refractivity contribution is 5.10. The van der Waals surface area contributed by atoms with E-state index in [1.165, 1.54) is 12.3 Å². The number of aromatic nitrogens is 1. The summed E-state index contributed by atoms with van der Waals surface area (Å²) in [5.41, 5.74) is 0.830. The molecule has 12 heavy (non-hydrogen) atoms. The molecule has 0 aliphatic rings. The van der Waals surface area contributed by atoms with Gasteiger partial charge in [0.2, 0.25) is 0 Å². The number of aliphatic hydroxyl groups excluding tert-OH is 1. The summed E-state index contributed by atoms with van der Waals surface area (Å²) in [6.45, 7) is 1.72. The minimum Gasteiger partial charge on any atom is -0.393 e. The van der Waals surface area contributed by atoms with Gasteiger partial charge in [0.25, 0.3) is 0 Å². The molecule has 0 aliphatic heterocycles. The van der Waals surface area contributed by atoms with Gasteiger partial charge in [0.15, 0.2) is 0 Å². The summed E-state index contributed by atoms with van der Waals surface area (Å²) < 4.78 is 12.6. The molecule has 0 saturated carbocycles. The van der Waals surface area contributed by atoms with Gasteiger partial charge in [0.05, 0.1) is 12.3 Å². The van der Waals surface area contributed by atoms with Crippen molar-refractivity contribution in [3.05, 3.63) is 29.8 Å². The van der Waals surface area contributed by atoms with Gasteiger partial charge in [0, 0.05) is 6.20 Å². The lowest BCUT2D eigenvalue weighted by Crippen LogP contribution is -2.01. The van der Waals surface area contributed by atoms with E-state index in [4.69, 9.17) is 5.11 Å². The van der Waals surface area contributed by atoms with Gasteiger partial charge in [-0.15, -0.1) is 0 Å². The topological polar surface area (TPSA) is 33.1 Å². The molecule has 1 aromatic rings. The van der Waals surface area contributed by atoms with Crippen LogP contribution < -0.4 is 0 Å². The number of aliphatic hydroxyl groups is 1. The summed E-state index contributed by atoms with van der Waals surface area (Å²) in [5.74, 6) is -0.321. The summed E-state index contributed by atoms with van der Waals surface area (Å²) in [5, 5.41) is 8.97. The Kier molecular flexibility index (Phi) is 3.17. The molecule has 0 aromatic carbocycles. The van der Waals surface area contributed by atoms with Gasteiger partial charge < -0.3 is 5.11 Å². The van der Waals surface area contributed by atoms with Crippen molar-refractivity contribution in [2.45, 2.75) is 25.9 Å². The number of aryl methyl sites for hydroxylation is 1. The van der Waals surface area contributed by atoms with Gasteiger partial charge in [-0.2, -0.15) is 0 Å². The van der Waals surface area contributed by atoms with E-state index in [2.05, 4.69) is 4.98 Å². The maximum Gasteiger partial charge on any atom is 0.141 e. The molecule has 1 unspecified atom stereocenters. The van der Waals surface area contributed by atoms with Crippen LogP contribution in [0.25, 0.3) is 0 Å². The van der Waals surface area contributed by atoms with E-state index in [9.17, 15) is 4.39 Å². The predicted molar refractivity (Wildman–Crippen MR) is 44.2 cm³/mol. The van der Waals surface area contributed by atoms with Crippen LogP contribution in [0.1, 0.15) is 18.9 Å². The first-order chi connectivity index (χ1) is 5.68. The molecule has 0 bridgehead atoms. The van der Waals surface area contributed by atoms with Gasteiger partial charge in [-0.3, -0.25) is 4.98 Å². The number of nitrogens with zero attached hydrogens (tertiary/aromatic N) is 1. The first kappa shape index (κ1) is 9.13. The summed E-state index contributed by atoms with van der Waals surface area (Å²) in [6.07, 6.45) is 3.76. The molecule has 1 atom stereocenters. The van der Waals surface area contributed by atoms with Crippen LogP contribution in [0.2, 0.25) is 0 Å². The highest BCUT2D eigenvalue weighted by Gasteiger charge is 1.99. The zero-order chi connectivity index (χ0) is 8.97. The first-order valence-corrected chi connectivity index (χ1v) is 3.96. The Morgan fingerprint density at radius 2 is 2.33 bits per heavy atom. The second kappa shape index (κ2) is 4.16. The Balaban J connectivity index is 2.52. The zero-order valence-corrected chi connectivity index (χ0v) is 7.00. The van der Waals surface area contributed by atoms with Crippen LogP contribution in [0.5, 0.6) is 0 Å². The van der Waals surface area contributed by atoms with Gasteiger partial charge in [0.1, 0.15) is 5.82 Å². The lowest BCUT2D eigenvalue weighted by Gasteiger charge is -2.02. The fraction of sp³-hybridized carbons (Fsp3) is 0.444. The lowest BCUT2D eigenvalue weighted by molar-refractivity contribution is 0.185. The van der Waals surface area contributed by atoms with Crippen LogP contribution >= 0.6 is 0 Å². The third-order valence-electron chi connectivity index (χ3n) is 1.61. The standard InChI is InChI=1S/C9H12FNO/c1-7(12)2-3-8-4-9(10)6-11-5-8/h4-7,12H,2-3H2,1H3. The van der Waals surface area contributed by atoms with Crippen LogP contribution in [-0.2, 0) is 6.42 Å². The van der Waals surface area contributed by atoms with Gasteiger partial charge >= 0.3 is 0 Å². The fourth-order valence-electron chi connectivity index (χ4n) is 0.968. The largest absolute Gasteiger partial charge is 0.393 e. The Labute approximate surface area is 71.1 Å². The monoisotopic (exact) mass is 169 g/mol. The molecule has 0 spiro atoms. The number of hydrogen-bond donors (Lipinski definition) is 1. The number of pyridine rings is 1. The van der Waals surface area contributed by atoms with E-state index in [0.717, 1.165) is 5.56 Å². The Bertz CT molecular complexity index is 250. The maximum atomic E-state index is 12.6. The van der Waals surface area contributed by atoms with Crippen molar-refractivity contribution in [1.82, 2.24) is 4.98 Å². The van der Waals surface area contributed by atoms with Crippen LogP contribution in [0.4, 0.5) is 4.39 Å². The molecule has 1 heterocycles. The third kappa shape index (κ3) is 2.96. The molecule has 0 fully saturated rings. The Hall–Kier alpha value is -0.960. The first-order valence-electron chi connectivity index (χ1n) is 3.96. The molecule has 2 nitrogen and oxygen atoms in total. The summed E-state index contributed by atoms with van der Waals surface area (Å²) in [6, 6.07) is 1.44. The average Bonchev–Trinajstić information content (AvgIpc) is 2.01. The van der Waals surface area contributed by atoms with E-state index in [1.54, 1.807) is 13.1 Å². The lowest BCUT2D eigenvalue weighted by atomic mass is 10.1. The second-order valence-electron chi connectivity index (χ2n) is 2.90. The van der Waals surface area contributed by atoms with Crippen molar-refractivity contribution < 1.29 is 9.50 Å². The second-order valence-corrected chi connectivity index (χ2v) is 2.90. The van der Waals surface area contributed by atoms with Gasteiger partial charge in [-0.05, 0) is 31.4 Å². The number of rotatable bonds is 3. The smallest absolute Gasteiger partial charge is 0.141 e. The fourth-order valence-corrected chi connectivity index (χ4v) is 0.968. The molecule has 1 rings (SSSR count). The minimum absolute atomic E-state index is 0.321. The molecular weight excluding hydrogens is 157 g/mol. The van der Waals surface area contributed by atoms with Crippen molar-refractivity contribution in [1.29, 1.82) is 0 Å². The molecule has 3 heteroatoms. The normalized spacial score (nSPS) is 12.9. The van der Waals surface area contributed by atoms with E-state index in [-0.39, 0.29) is 11.9 Å². The quantitative estimate of drug-likeness (QED) is 0.744. The zero-order valence-electron chi connectivity index (χ0n) is 7.00. The third-order valence-corrected chi connectivity index (χ3v) is 1.61. The molecular formula is C9H12FNO. The maximum absolute atomic E-state index is 12.6. The van der Waals surface area contributed by atoms with Crippen molar-refractivity contribution in [2.24, 2.45) is 0 Å². The van der Waals surface area contributed by atoms with E-state index in [1.807, 2.05) is 0 Å². The van der Waals surface area contributed by atoms with Crippen molar-refractivity contribution >= 4 is 0 Å². The Morgan fingerprint density at radius 1 is 1.58 bits per heavy atom. The van der Waals surface area contributed by atoms with Crippen molar-refractivity contribution in [3.63, 3.8) is 0 Å². The average molecular weight is 169 g/mol. The van der Waals surface area contributed by atoms with Crippen LogP contribution in [-0.4, -0.2) is 16.2 Å². The summed E-state index contributed by atoms with van der Waals surface area (Å²) in [7, 11) is 0. The van der Waals surface area contributed by atoms with Crippen LogP contribution in [0, 0.1) is 5.82 Å². The SMILES string of the molecule is CC(O)CCc1cncc(F)c1. The molecule has 1 N–H and O–H groups in total. The Morgan fingerprint density at radius 3 is 2.92 bits per heavy atom. The van der Waals surface area contributed by atoms with Crippen LogP contribution in [0.3, 0.4) is 0 Å². The predicted octanol–water partition coefficient (Wildman–Crippen LogP) is 1.53. The van der Waals surface area contributed by atoms with Crippen molar-refractivity contribution in [3.8, 4) is 0 Å². The highest BCUT2D eigenvalue weighted by atomic mass is 19.1. The summed E-state index contributed by atoms with van der Waals surface area (Å²) in [4.78, 5) is 3.71. The highest BCUT2D eigenvalue weighted by Crippen LogP contribution is 2.05. The molecule has 0 radical (unpaired) electrons. The van der Waals surface area contributed by atoms with Crippen molar-refractivity contribution in [2.75, 3.05) is 0 Å². The van der Waals surface area contributed by atoms with E-state index in [0.29, 0.717) is 12.8 Å². The van der Waals surface area contributed by atoms with Gasteiger partial charge in [-0.1, -0.05) is 0 Å². The number of halogens is 1. The van der Waals surface area contributed by atoms with Gasteiger partial charge in [-0.25, -0.2) is 4.39 Å². The molecule has 0 saturated heterocycles. The molecule has 0 amide bonds. The van der Waals surface area contributed by atoms with E-state index < -0.39 is 0 Å². The summed E-state index contributed by atoms with van der Waals surface area (Å²) >= 11 is 0. The minimum atomic E-state index is -0.340. The van der Waals surface area contributed by atoms with Crippen LogP contribution in [0.15, 0.2) is 18.5 Å². The van der Waals surface area contributed by atoms with E-state index >= 15 is 0 Å².